The molecule has 1 aromatic rings. The fourth-order valence-corrected chi connectivity index (χ4v) is 3.01. The summed E-state index contributed by atoms with van der Waals surface area (Å²) in [7, 11) is 2.20. The first-order valence-corrected chi connectivity index (χ1v) is 7.42. The van der Waals surface area contributed by atoms with Crippen LogP contribution in [-0.4, -0.2) is 36.6 Å². The number of hydrogen-bond donors (Lipinski definition) is 1. The monoisotopic (exact) mass is 325 g/mol. The van der Waals surface area contributed by atoms with Crippen molar-refractivity contribution in [3.63, 3.8) is 0 Å². The first-order chi connectivity index (χ1) is 8.24. The third kappa shape index (κ3) is 6.91. The van der Waals surface area contributed by atoms with E-state index in [1.54, 1.807) is 11.3 Å². The largest absolute Gasteiger partial charge is 0.317 e. The fraction of sp³-hybridized carbons (Fsp3) is 0.769. The van der Waals surface area contributed by atoms with E-state index in [9.17, 15) is 0 Å². The smallest absolute Gasteiger partial charge is 0.0897 e. The molecule has 19 heavy (non-hydrogen) atoms. The molecule has 2 rings (SSSR count). The molecule has 6 heteroatoms. The molecular formula is C13H25Cl2N3S. The maximum Gasteiger partial charge on any atom is 0.0897 e. The van der Waals surface area contributed by atoms with Crippen molar-refractivity contribution in [1.29, 1.82) is 0 Å². The Hall–Kier alpha value is 0.130. The summed E-state index contributed by atoms with van der Waals surface area (Å²) in [5.74, 6) is 0.927. The van der Waals surface area contributed by atoms with Gasteiger partial charge in [0.2, 0.25) is 0 Å². The first kappa shape index (κ1) is 19.1. The molecular weight excluding hydrogens is 301 g/mol. The Bertz CT molecular complexity index is 340. The zero-order valence-electron chi connectivity index (χ0n) is 11.7. The Balaban J connectivity index is 0.00000162. The van der Waals surface area contributed by atoms with Gasteiger partial charge < -0.3 is 10.2 Å². The van der Waals surface area contributed by atoms with E-state index in [0.29, 0.717) is 0 Å². The Labute approximate surface area is 133 Å². The molecule has 0 aliphatic carbocycles. The van der Waals surface area contributed by atoms with Crippen LogP contribution in [0.25, 0.3) is 0 Å². The molecule has 2 heterocycles. The molecule has 1 N–H and O–H groups in total. The highest BCUT2D eigenvalue weighted by atomic mass is 35.5. The van der Waals surface area contributed by atoms with Crippen LogP contribution in [0.3, 0.4) is 0 Å². The standard InChI is InChI=1S/C13H23N3S.2ClH/c1-11-15-13(10-17-11)9-16(2)8-5-12-3-6-14-7-4-12;;/h10,12,14H,3-9H2,1-2H3;2*1H. The van der Waals surface area contributed by atoms with Crippen LogP contribution in [0.15, 0.2) is 5.38 Å². The lowest BCUT2D eigenvalue weighted by atomic mass is 9.94. The maximum atomic E-state index is 4.51. The van der Waals surface area contributed by atoms with Gasteiger partial charge in [0.15, 0.2) is 0 Å². The summed E-state index contributed by atoms with van der Waals surface area (Å²) in [5, 5.41) is 6.77. The van der Waals surface area contributed by atoms with E-state index in [0.717, 1.165) is 12.5 Å². The summed E-state index contributed by atoms with van der Waals surface area (Å²) in [4.78, 5) is 6.91. The van der Waals surface area contributed by atoms with Gasteiger partial charge in [-0.25, -0.2) is 4.98 Å². The molecule has 0 amide bonds. The van der Waals surface area contributed by atoms with Crippen LogP contribution in [0.1, 0.15) is 30.0 Å². The second-order valence-corrected chi connectivity index (χ2v) is 6.14. The van der Waals surface area contributed by atoms with Crippen LogP contribution in [0.4, 0.5) is 0 Å². The summed E-state index contributed by atoms with van der Waals surface area (Å²) >= 11 is 1.75. The van der Waals surface area contributed by atoms with Crippen molar-refractivity contribution in [2.24, 2.45) is 5.92 Å². The molecule has 0 aromatic carbocycles. The predicted molar refractivity (Wildman–Crippen MR) is 87.9 cm³/mol. The van der Waals surface area contributed by atoms with Crippen LogP contribution in [-0.2, 0) is 6.54 Å². The normalized spacial score (nSPS) is 15.9. The van der Waals surface area contributed by atoms with Crippen molar-refractivity contribution in [2.45, 2.75) is 32.7 Å². The van der Waals surface area contributed by atoms with Gasteiger partial charge in [-0.05, 0) is 58.8 Å². The average Bonchev–Trinajstić information content (AvgIpc) is 2.73. The number of nitrogens with zero attached hydrogens (tertiary/aromatic N) is 2. The molecule has 112 valence electrons. The fourth-order valence-electron chi connectivity index (χ4n) is 2.41. The highest BCUT2D eigenvalue weighted by Crippen LogP contribution is 2.17. The highest BCUT2D eigenvalue weighted by molar-refractivity contribution is 7.09. The summed E-state index contributed by atoms with van der Waals surface area (Å²) in [5.41, 5.74) is 1.22. The van der Waals surface area contributed by atoms with Gasteiger partial charge in [-0.1, -0.05) is 0 Å². The number of thiazole rings is 1. The van der Waals surface area contributed by atoms with Gasteiger partial charge in [0, 0.05) is 11.9 Å². The summed E-state index contributed by atoms with van der Waals surface area (Å²) < 4.78 is 0. The first-order valence-electron chi connectivity index (χ1n) is 6.54. The SMILES string of the molecule is Cc1nc(CN(C)CCC2CCNCC2)cs1.Cl.Cl. The summed E-state index contributed by atoms with van der Waals surface area (Å²) in [6.45, 7) is 6.68. The van der Waals surface area contributed by atoms with Crippen LogP contribution >= 0.6 is 36.2 Å². The zero-order valence-corrected chi connectivity index (χ0v) is 14.2. The van der Waals surface area contributed by atoms with Gasteiger partial charge in [0.1, 0.15) is 0 Å². The second kappa shape index (κ2) is 9.94. The van der Waals surface area contributed by atoms with E-state index in [4.69, 9.17) is 0 Å². The second-order valence-electron chi connectivity index (χ2n) is 5.08. The van der Waals surface area contributed by atoms with Crippen LogP contribution in [0.5, 0.6) is 0 Å². The molecule has 1 aliphatic heterocycles. The van der Waals surface area contributed by atoms with E-state index >= 15 is 0 Å². The predicted octanol–water partition coefficient (Wildman–Crippen LogP) is 3.12. The van der Waals surface area contributed by atoms with E-state index < -0.39 is 0 Å². The quantitative estimate of drug-likeness (QED) is 0.901. The molecule has 0 unspecified atom stereocenters. The maximum absolute atomic E-state index is 4.51. The van der Waals surface area contributed by atoms with Gasteiger partial charge in [-0.3, -0.25) is 0 Å². The lowest BCUT2D eigenvalue weighted by molar-refractivity contribution is 0.264. The Morgan fingerprint density at radius 3 is 2.63 bits per heavy atom. The van der Waals surface area contributed by atoms with E-state index in [1.807, 2.05) is 0 Å². The van der Waals surface area contributed by atoms with Crippen LogP contribution in [0.2, 0.25) is 0 Å². The average molecular weight is 326 g/mol. The van der Waals surface area contributed by atoms with Crippen molar-refractivity contribution in [1.82, 2.24) is 15.2 Å². The molecule has 3 nitrogen and oxygen atoms in total. The van der Waals surface area contributed by atoms with Crippen molar-refractivity contribution >= 4 is 36.2 Å². The molecule has 1 saturated heterocycles. The lowest BCUT2D eigenvalue weighted by Crippen LogP contribution is -2.30. The molecule has 0 spiro atoms. The van der Waals surface area contributed by atoms with Crippen LogP contribution < -0.4 is 5.32 Å². The van der Waals surface area contributed by atoms with Gasteiger partial charge in [0.05, 0.1) is 10.7 Å². The molecule has 0 saturated carbocycles. The third-order valence-corrected chi connectivity index (χ3v) is 4.30. The number of nitrogens with one attached hydrogen (secondary N) is 1. The van der Waals surface area contributed by atoms with Crippen molar-refractivity contribution in [3.8, 4) is 0 Å². The number of hydrogen-bond acceptors (Lipinski definition) is 4. The van der Waals surface area contributed by atoms with Crippen molar-refractivity contribution in [2.75, 3.05) is 26.7 Å². The van der Waals surface area contributed by atoms with Crippen molar-refractivity contribution in [3.05, 3.63) is 16.1 Å². The van der Waals surface area contributed by atoms with Gasteiger partial charge in [-0.2, -0.15) is 0 Å². The number of halogens is 2. The summed E-state index contributed by atoms with van der Waals surface area (Å²) in [6, 6.07) is 0. The molecule has 1 fully saturated rings. The molecule has 0 bridgehead atoms. The Morgan fingerprint density at radius 1 is 1.37 bits per heavy atom. The lowest BCUT2D eigenvalue weighted by Gasteiger charge is -2.24. The minimum absolute atomic E-state index is 0. The van der Waals surface area contributed by atoms with Crippen molar-refractivity contribution < 1.29 is 0 Å². The van der Waals surface area contributed by atoms with E-state index in [1.165, 1.54) is 49.6 Å². The minimum Gasteiger partial charge on any atom is -0.317 e. The van der Waals surface area contributed by atoms with E-state index in [-0.39, 0.29) is 24.8 Å². The number of piperidine rings is 1. The van der Waals surface area contributed by atoms with E-state index in [2.05, 4.69) is 34.6 Å². The Kier molecular flexibility index (Phi) is 10.0. The molecule has 0 radical (unpaired) electrons. The third-order valence-electron chi connectivity index (χ3n) is 3.48. The van der Waals surface area contributed by atoms with Gasteiger partial charge in [-0.15, -0.1) is 36.2 Å². The molecule has 0 atom stereocenters. The Morgan fingerprint density at radius 2 is 2.05 bits per heavy atom. The molecule has 1 aromatic heterocycles. The topological polar surface area (TPSA) is 28.2 Å². The minimum atomic E-state index is 0. The van der Waals surface area contributed by atoms with Crippen LogP contribution in [0, 0.1) is 12.8 Å². The van der Waals surface area contributed by atoms with Gasteiger partial charge in [0.25, 0.3) is 0 Å². The van der Waals surface area contributed by atoms with Gasteiger partial charge >= 0.3 is 0 Å². The number of aryl methyl sites for hydroxylation is 1. The highest BCUT2D eigenvalue weighted by Gasteiger charge is 2.13. The zero-order chi connectivity index (χ0) is 12.1. The number of rotatable bonds is 5. The molecule has 1 aliphatic rings. The summed E-state index contributed by atoms with van der Waals surface area (Å²) in [6.07, 6.45) is 4.04. The number of aromatic nitrogens is 1.